The van der Waals surface area contributed by atoms with Gasteiger partial charge in [-0.25, -0.2) is 0 Å². The highest BCUT2D eigenvalue weighted by Crippen LogP contribution is 2.16. The lowest BCUT2D eigenvalue weighted by molar-refractivity contribution is 0.179. The van der Waals surface area contributed by atoms with Crippen molar-refractivity contribution in [3.63, 3.8) is 0 Å². The molecule has 0 aliphatic carbocycles. The largest absolute Gasteiger partial charge is 0.385 e. The second kappa shape index (κ2) is 9.28. The number of hydrogen-bond acceptors (Lipinski definition) is 4. The van der Waals surface area contributed by atoms with Crippen LogP contribution >= 0.6 is 11.8 Å². The molecule has 0 unspecified atom stereocenters. The Morgan fingerprint density at radius 1 is 1.31 bits per heavy atom. The third kappa shape index (κ3) is 6.74. The summed E-state index contributed by atoms with van der Waals surface area (Å²) in [5.41, 5.74) is 0. The van der Waals surface area contributed by atoms with E-state index in [1.165, 1.54) is 24.3 Å². The lowest BCUT2D eigenvalue weighted by Crippen LogP contribution is -2.38. The van der Waals surface area contributed by atoms with Crippen LogP contribution in [-0.2, 0) is 4.74 Å². The number of methoxy groups -OCH3 is 1. The molecule has 0 atom stereocenters. The third-order valence-corrected chi connectivity index (χ3v) is 4.08. The first-order valence-corrected chi connectivity index (χ1v) is 7.47. The zero-order chi connectivity index (χ0) is 11.6. The van der Waals surface area contributed by atoms with E-state index in [0.29, 0.717) is 0 Å². The van der Waals surface area contributed by atoms with Crippen LogP contribution < -0.4 is 5.32 Å². The molecule has 0 saturated carbocycles. The van der Waals surface area contributed by atoms with Crippen LogP contribution in [0.5, 0.6) is 0 Å². The van der Waals surface area contributed by atoms with Gasteiger partial charge in [-0.2, -0.15) is 11.8 Å². The van der Waals surface area contributed by atoms with Gasteiger partial charge in [0.25, 0.3) is 0 Å². The fourth-order valence-electron chi connectivity index (χ4n) is 1.95. The van der Waals surface area contributed by atoms with E-state index in [4.69, 9.17) is 4.74 Å². The predicted octanol–water partition coefficient (Wildman–Crippen LogP) is 1.44. The molecule has 4 heteroatoms. The number of thioether (sulfide) groups is 1. The van der Waals surface area contributed by atoms with Gasteiger partial charge in [-0.05, 0) is 37.8 Å². The predicted molar refractivity (Wildman–Crippen MR) is 72.3 cm³/mol. The van der Waals surface area contributed by atoms with Crippen molar-refractivity contribution >= 4 is 11.8 Å². The second-order valence-electron chi connectivity index (χ2n) is 4.49. The van der Waals surface area contributed by atoms with Gasteiger partial charge < -0.3 is 15.0 Å². The van der Waals surface area contributed by atoms with E-state index in [2.05, 4.69) is 29.0 Å². The minimum absolute atomic E-state index is 0.772. The fraction of sp³-hybridized carbons (Fsp3) is 1.00. The molecule has 0 aromatic rings. The van der Waals surface area contributed by atoms with Crippen LogP contribution in [0.15, 0.2) is 0 Å². The average Bonchev–Trinajstić information content (AvgIpc) is 2.31. The van der Waals surface area contributed by atoms with E-state index >= 15 is 0 Å². The number of nitrogens with one attached hydrogen (secondary N) is 1. The lowest BCUT2D eigenvalue weighted by Gasteiger charge is -2.24. The first-order valence-electron chi connectivity index (χ1n) is 6.31. The Kier molecular flexibility index (Phi) is 8.29. The molecule has 1 heterocycles. The van der Waals surface area contributed by atoms with Gasteiger partial charge in [-0.3, -0.25) is 0 Å². The van der Waals surface area contributed by atoms with Gasteiger partial charge in [-0.15, -0.1) is 0 Å². The summed E-state index contributed by atoms with van der Waals surface area (Å²) in [5, 5.41) is 3.66. The van der Waals surface area contributed by atoms with Crippen molar-refractivity contribution < 1.29 is 4.74 Å². The highest BCUT2D eigenvalue weighted by molar-refractivity contribution is 7.99. The molecule has 3 nitrogen and oxygen atoms in total. The zero-order valence-corrected chi connectivity index (χ0v) is 11.5. The van der Waals surface area contributed by atoms with Crippen molar-refractivity contribution in [2.45, 2.75) is 25.3 Å². The molecule has 0 spiro atoms. The van der Waals surface area contributed by atoms with Crippen molar-refractivity contribution in [1.29, 1.82) is 0 Å². The molecule has 1 aliphatic rings. The molecule has 1 rings (SSSR count). The normalized spacial score (nSPS) is 18.2. The van der Waals surface area contributed by atoms with E-state index in [0.717, 1.165) is 38.7 Å². The molecule has 0 bridgehead atoms. The van der Waals surface area contributed by atoms with E-state index in [-0.39, 0.29) is 0 Å². The second-order valence-corrected chi connectivity index (χ2v) is 5.72. The van der Waals surface area contributed by atoms with Gasteiger partial charge in [0.05, 0.1) is 0 Å². The fourth-order valence-corrected chi connectivity index (χ4v) is 3.06. The molecule has 1 aliphatic heterocycles. The molecule has 0 aromatic carbocycles. The van der Waals surface area contributed by atoms with Crippen molar-refractivity contribution in [3.05, 3.63) is 0 Å². The van der Waals surface area contributed by atoms with Gasteiger partial charge in [-0.1, -0.05) is 0 Å². The van der Waals surface area contributed by atoms with Gasteiger partial charge in [0, 0.05) is 39.4 Å². The van der Waals surface area contributed by atoms with Crippen molar-refractivity contribution in [3.8, 4) is 0 Å². The highest BCUT2D eigenvalue weighted by Gasteiger charge is 2.12. The van der Waals surface area contributed by atoms with Crippen molar-refractivity contribution in [1.82, 2.24) is 10.2 Å². The molecule has 0 amide bonds. The maximum absolute atomic E-state index is 5.05. The SMILES string of the molecule is COCCCN(C)CCNC1CCSCC1. The van der Waals surface area contributed by atoms with Crippen LogP contribution in [0.1, 0.15) is 19.3 Å². The molecule has 0 radical (unpaired) electrons. The smallest absolute Gasteiger partial charge is 0.0474 e. The van der Waals surface area contributed by atoms with Crippen molar-refractivity contribution in [2.24, 2.45) is 0 Å². The summed E-state index contributed by atoms with van der Waals surface area (Å²) in [7, 11) is 3.96. The Bertz CT molecular complexity index is 163. The summed E-state index contributed by atoms with van der Waals surface area (Å²) in [5.74, 6) is 2.67. The van der Waals surface area contributed by atoms with Crippen LogP contribution in [0.3, 0.4) is 0 Å². The number of nitrogens with zero attached hydrogens (tertiary/aromatic N) is 1. The lowest BCUT2D eigenvalue weighted by atomic mass is 10.1. The standard InChI is InChI=1S/C12H26N2OS/c1-14(7-3-9-15-2)8-6-13-12-4-10-16-11-5-12/h12-13H,3-11H2,1-2H3. The summed E-state index contributed by atoms with van der Waals surface area (Å²) >= 11 is 2.09. The molecular weight excluding hydrogens is 220 g/mol. The molecular formula is C12H26N2OS. The number of ether oxygens (including phenoxy) is 1. The average molecular weight is 246 g/mol. The zero-order valence-electron chi connectivity index (χ0n) is 10.7. The van der Waals surface area contributed by atoms with Gasteiger partial charge in [0.1, 0.15) is 0 Å². The minimum Gasteiger partial charge on any atom is -0.385 e. The van der Waals surface area contributed by atoms with Gasteiger partial charge >= 0.3 is 0 Å². The van der Waals surface area contributed by atoms with Crippen LogP contribution in [0.4, 0.5) is 0 Å². The van der Waals surface area contributed by atoms with Gasteiger partial charge in [0.2, 0.25) is 0 Å². The number of likely N-dealkylation sites (N-methyl/N-ethyl adjacent to an activating group) is 1. The summed E-state index contributed by atoms with van der Waals surface area (Å²) < 4.78 is 5.05. The summed E-state index contributed by atoms with van der Waals surface area (Å²) in [6.07, 6.45) is 3.82. The third-order valence-electron chi connectivity index (χ3n) is 3.04. The first kappa shape index (κ1) is 14.3. The number of hydrogen-bond donors (Lipinski definition) is 1. The van der Waals surface area contributed by atoms with Crippen LogP contribution in [0.25, 0.3) is 0 Å². The Morgan fingerprint density at radius 2 is 2.06 bits per heavy atom. The van der Waals surface area contributed by atoms with Crippen molar-refractivity contribution in [2.75, 3.05) is 51.9 Å². The van der Waals surface area contributed by atoms with Crippen LogP contribution in [-0.4, -0.2) is 62.8 Å². The Morgan fingerprint density at radius 3 is 2.75 bits per heavy atom. The Hall–Kier alpha value is 0.230. The highest BCUT2D eigenvalue weighted by atomic mass is 32.2. The first-order chi connectivity index (χ1) is 7.83. The topological polar surface area (TPSA) is 24.5 Å². The molecule has 96 valence electrons. The summed E-state index contributed by atoms with van der Waals surface area (Å²) in [6, 6.07) is 0.772. The monoisotopic (exact) mass is 246 g/mol. The van der Waals surface area contributed by atoms with E-state index in [1.807, 2.05) is 0 Å². The maximum atomic E-state index is 5.05. The summed E-state index contributed by atoms with van der Waals surface area (Å²) in [4.78, 5) is 2.38. The molecule has 0 aromatic heterocycles. The Balaban J connectivity index is 1.92. The van der Waals surface area contributed by atoms with E-state index < -0.39 is 0 Å². The molecule has 1 saturated heterocycles. The van der Waals surface area contributed by atoms with Crippen LogP contribution in [0.2, 0.25) is 0 Å². The van der Waals surface area contributed by atoms with Gasteiger partial charge in [0.15, 0.2) is 0 Å². The van der Waals surface area contributed by atoms with E-state index in [9.17, 15) is 0 Å². The Labute approximate surface area is 104 Å². The minimum atomic E-state index is 0.772. The number of rotatable bonds is 8. The maximum Gasteiger partial charge on any atom is 0.0474 e. The molecule has 1 fully saturated rings. The van der Waals surface area contributed by atoms with Crippen LogP contribution in [0, 0.1) is 0 Å². The quantitative estimate of drug-likeness (QED) is 0.655. The molecule has 1 N–H and O–H groups in total. The van der Waals surface area contributed by atoms with E-state index in [1.54, 1.807) is 7.11 Å². The summed E-state index contributed by atoms with van der Waals surface area (Å²) in [6.45, 7) is 4.28. The molecule has 16 heavy (non-hydrogen) atoms.